The van der Waals surface area contributed by atoms with E-state index in [4.69, 9.17) is 9.47 Å². The van der Waals surface area contributed by atoms with Crippen LogP contribution in [0.4, 0.5) is 0 Å². The second-order valence-electron chi connectivity index (χ2n) is 9.83. The van der Waals surface area contributed by atoms with Gasteiger partial charge in [0.05, 0.1) is 24.6 Å². The molecular weight excluding hydrogens is 570 g/mol. The van der Waals surface area contributed by atoms with Gasteiger partial charge in [0, 0.05) is 10.0 Å². The summed E-state index contributed by atoms with van der Waals surface area (Å²) in [4.78, 5) is 25.1. The van der Waals surface area contributed by atoms with E-state index in [-0.39, 0.29) is 6.42 Å². The first-order valence-corrected chi connectivity index (χ1v) is 14.0. The minimum Gasteiger partial charge on any atom is -0.493 e. The van der Waals surface area contributed by atoms with Crippen molar-refractivity contribution < 1.29 is 24.2 Å². The highest BCUT2D eigenvalue weighted by Gasteiger charge is 2.22. The molecule has 1 amide bonds. The monoisotopic (exact) mass is 601 g/mol. The van der Waals surface area contributed by atoms with E-state index < -0.39 is 17.9 Å². The number of aliphatic carboxylic acids is 1. The Morgan fingerprint density at radius 3 is 2.27 bits per heavy atom. The number of ether oxygens (including phenoxy) is 2. The van der Waals surface area contributed by atoms with Crippen molar-refractivity contribution in [3.05, 3.63) is 113 Å². The zero-order valence-electron chi connectivity index (χ0n) is 22.5. The van der Waals surface area contributed by atoms with Crippen LogP contribution in [0.5, 0.6) is 17.2 Å². The van der Waals surface area contributed by atoms with Gasteiger partial charge in [0.1, 0.15) is 17.2 Å². The van der Waals surface area contributed by atoms with Crippen molar-refractivity contribution in [3.63, 3.8) is 0 Å². The van der Waals surface area contributed by atoms with Crippen molar-refractivity contribution in [2.45, 2.75) is 32.7 Å². The van der Waals surface area contributed by atoms with Crippen LogP contribution in [0, 0.1) is 5.92 Å². The van der Waals surface area contributed by atoms with Crippen molar-refractivity contribution >= 4 is 27.8 Å². The average Bonchev–Trinajstić information content (AvgIpc) is 2.94. The molecule has 206 valence electrons. The summed E-state index contributed by atoms with van der Waals surface area (Å²) in [5.74, 6) is 0.942. The van der Waals surface area contributed by atoms with Gasteiger partial charge in [0.2, 0.25) is 0 Å². The van der Waals surface area contributed by atoms with Crippen molar-refractivity contribution in [2.24, 2.45) is 5.92 Å². The van der Waals surface area contributed by atoms with Gasteiger partial charge >= 0.3 is 5.97 Å². The maximum atomic E-state index is 13.4. The Morgan fingerprint density at radius 1 is 0.875 bits per heavy atom. The first-order valence-electron chi connectivity index (χ1n) is 13.2. The molecule has 4 aromatic carbocycles. The molecule has 0 fully saturated rings. The molecule has 0 aliphatic heterocycles. The van der Waals surface area contributed by atoms with Crippen LogP contribution in [0.3, 0.4) is 0 Å². The standard InChI is InChI=1S/C33H32BrNO5/c1-22(2)18-19-39-30-17-16-25(34)20-28(30)33(38)35-29(21-32(36)37)24-14-12-23(13-15-24)27-10-6-7-11-31(27)40-26-8-4-3-5-9-26/h3-17,20,22,29H,18-19,21H2,1-2H3,(H,35,38)(H,36,37). The van der Waals surface area contributed by atoms with Crippen LogP contribution in [-0.4, -0.2) is 23.6 Å². The number of para-hydroxylation sites is 2. The summed E-state index contributed by atoms with van der Waals surface area (Å²) in [7, 11) is 0. The molecule has 1 atom stereocenters. The molecule has 6 nitrogen and oxygen atoms in total. The topological polar surface area (TPSA) is 84.9 Å². The number of nitrogens with one attached hydrogen (secondary N) is 1. The normalized spacial score (nSPS) is 11.6. The lowest BCUT2D eigenvalue weighted by Crippen LogP contribution is -2.30. The molecule has 1 unspecified atom stereocenters. The zero-order valence-corrected chi connectivity index (χ0v) is 24.1. The van der Waals surface area contributed by atoms with Crippen LogP contribution in [0.15, 0.2) is 102 Å². The predicted octanol–water partition coefficient (Wildman–Crippen LogP) is 8.28. The highest BCUT2D eigenvalue weighted by Crippen LogP contribution is 2.34. The fraction of sp³-hybridized carbons (Fsp3) is 0.212. The number of amides is 1. The lowest BCUT2D eigenvalue weighted by atomic mass is 9.98. The second-order valence-corrected chi connectivity index (χ2v) is 10.7. The van der Waals surface area contributed by atoms with Crippen molar-refractivity contribution in [3.8, 4) is 28.4 Å². The molecule has 40 heavy (non-hydrogen) atoms. The first-order chi connectivity index (χ1) is 19.3. The molecule has 0 heterocycles. The summed E-state index contributed by atoms with van der Waals surface area (Å²) < 4.78 is 12.7. The fourth-order valence-corrected chi connectivity index (χ4v) is 4.54. The molecule has 0 saturated carbocycles. The van der Waals surface area contributed by atoms with Crippen LogP contribution in [0.25, 0.3) is 11.1 Å². The number of rotatable bonds is 12. The van der Waals surface area contributed by atoms with Gasteiger partial charge in [0.25, 0.3) is 5.91 Å². The first kappa shape index (κ1) is 28.9. The number of hydrogen-bond donors (Lipinski definition) is 2. The number of carboxylic acid groups (broad SMARTS) is 1. The van der Waals surface area contributed by atoms with Crippen LogP contribution in [0.2, 0.25) is 0 Å². The van der Waals surface area contributed by atoms with E-state index in [9.17, 15) is 14.7 Å². The highest BCUT2D eigenvalue weighted by atomic mass is 79.9. The number of benzene rings is 4. The van der Waals surface area contributed by atoms with E-state index in [0.717, 1.165) is 27.8 Å². The maximum Gasteiger partial charge on any atom is 0.305 e. The molecule has 0 bridgehead atoms. The lowest BCUT2D eigenvalue weighted by Gasteiger charge is -2.20. The second kappa shape index (κ2) is 13.8. The lowest BCUT2D eigenvalue weighted by molar-refractivity contribution is -0.137. The Balaban J connectivity index is 1.56. The van der Waals surface area contributed by atoms with Crippen LogP contribution < -0.4 is 14.8 Å². The number of halogens is 1. The SMILES string of the molecule is CC(C)CCOc1ccc(Br)cc1C(=O)NC(CC(=O)O)c1ccc(-c2ccccc2Oc2ccccc2)cc1. The molecular formula is C33H32BrNO5. The van der Waals surface area contributed by atoms with Gasteiger partial charge in [-0.05, 0) is 59.9 Å². The molecule has 4 rings (SSSR count). The molecule has 0 radical (unpaired) electrons. The van der Waals surface area contributed by atoms with Crippen LogP contribution >= 0.6 is 15.9 Å². The summed E-state index contributed by atoms with van der Waals surface area (Å²) >= 11 is 3.42. The van der Waals surface area contributed by atoms with E-state index in [1.807, 2.05) is 84.9 Å². The molecule has 7 heteroatoms. The molecule has 4 aromatic rings. The zero-order chi connectivity index (χ0) is 28.5. The number of hydrogen-bond acceptors (Lipinski definition) is 4. The van der Waals surface area contributed by atoms with E-state index in [1.165, 1.54) is 0 Å². The third kappa shape index (κ3) is 7.96. The Morgan fingerprint density at radius 2 is 1.57 bits per heavy atom. The number of carbonyl (C=O) groups excluding carboxylic acids is 1. The smallest absolute Gasteiger partial charge is 0.305 e. The van der Waals surface area contributed by atoms with Crippen LogP contribution in [0.1, 0.15) is 48.7 Å². The van der Waals surface area contributed by atoms with Gasteiger partial charge < -0.3 is 19.9 Å². The third-order valence-electron chi connectivity index (χ3n) is 6.31. The quantitative estimate of drug-likeness (QED) is 0.171. The van der Waals surface area contributed by atoms with Crippen molar-refractivity contribution in [1.82, 2.24) is 5.32 Å². The Hall–Kier alpha value is -4.10. The Labute approximate surface area is 243 Å². The predicted molar refractivity (Wildman–Crippen MR) is 160 cm³/mol. The number of carbonyl (C=O) groups is 2. The van der Waals surface area contributed by atoms with Gasteiger partial charge in [0.15, 0.2) is 0 Å². The van der Waals surface area contributed by atoms with Crippen molar-refractivity contribution in [1.29, 1.82) is 0 Å². The number of carboxylic acids is 1. The summed E-state index contributed by atoms with van der Waals surface area (Å²) in [6.45, 7) is 4.69. The minimum atomic E-state index is -1.02. The third-order valence-corrected chi connectivity index (χ3v) is 6.80. The molecule has 0 aromatic heterocycles. The van der Waals surface area contributed by atoms with Gasteiger partial charge in [-0.1, -0.05) is 90.4 Å². The highest BCUT2D eigenvalue weighted by molar-refractivity contribution is 9.10. The summed E-state index contributed by atoms with van der Waals surface area (Å²) in [6.07, 6.45) is 0.584. The minimum absolute atomic E-state index is 0.268. The van der Waals surface area contributed by atoms with E-state index in [2.05, 4.69) is 35.1 Å². The molecule has 0 aliphatic rings. The van der Waals surface area contributed by atoms with E-state index in [1.54, 1.807) is 12.1 Å². The molecule has 2 N–H and O–H groups in total. The summed E-state index contributed by atoms with van der Waals surface area (Å²) in [5, 5.41) is 12.5. The van der Waals surface area contributed by atoms with Gasteiger partial charge in [-0.2, -0.15) is 0 Å². The van der Waals surface area contributed by atoms with E-state index >= 15 is 0 Å². The molecule has 0 aliphatic carbocycles. The average molecular weight is 603 g/mol. The summed E-state index contributed by atoms with van der Waals surface area (Å²) in [5.41, 5.74) is 2.83. The largest absolute Gasteiger partial charge is 0.493 e. The van der Waals surface area contributed by atoms with E-state index in [0.29, 0.717) is 35.2 Å². The Kier molecular flexibility index (Phi) is 9.97. The van der Waals surface area contributed by atoms with Gasteiger partial charge in [-0.3, -0.25) is 9.59 Å². The fourth-order valence-electron chi connectivity index (χ4n) is 4.18. The van der Waals surface area contributed by atoms with Crippen LogP contribution in [-0.2, 0) is 4.79 Å². The molecule has 0 saturated heterocycles. The molecule has 0 spiro atoms. The maximum absolute atomic E-state index is 13.4. The van der Waals surface area contributed by atoms with Gasteiger partial charge in [-0.15, -0.1) is 0 Å². The Bertz CT molecular complexity index is 1440. The summed E-state index contributed by atoms with van der Waals surface area (Å²) in [6, 6.07) is 29.3. The van der Waals surface area contributed by atoms with Crippen molar-refractivity contribution in [2.75, 3.05) is 6.61 Å². The van der Waals surface area contributed by atoms with Gasteiger partial charge in [-0.25, -0.2) is 0 Å².